The van der Waals surface area contributed by atoms with Crippen LogP contribution in [0.4, 0.5) is 0 Å². The summed E-state index contributed by atoms with van der Waals surface area (Å²) < 4.78 is 5.22. The highest BCUT2D eigenvalue weighted by Crippen LogP contribution is 2.48. The van der Waals surface area contributed by atoms with Gasteiger partial charge in [0.2, 0.25) is 0 Å². The number of carbonyl (C=O) groups excluding carboxylic acids is 1. The predicted molar refractivity (Wildman–Crippen MR) is 75.1 cm³/mol. The number of esters is 1. The second-order valence-corrected chi connectivity index (χ2v) is 5.94. The van der Waals surface area contributed by atoms with Gasteiger partial charge in [0.25, 0.3) is 0 Å². The normalized spacial score (nSPS) is 35.8. The van der Waals surface area contributed by atoms with E-state index in [0.29, 0.717) is 19.4 Å². The fraction of sp³-hybridized carbons (Fsp3) is 0.562. The molecule has 1 aromatic rings. The Kier molecular flexibility index (Phi) is 3.30. The van der Waals surface area contributed by atoms with Gasteiger partial charge in [0.1, 0.15) is 5.54 Å². The molecule has 0 spiro atoms. The van der Waals surface area contributed by atoms with E-state index in [0.717, 1.165) is 18.4 Å². The molecule has 0 amide bonds. The van der Waals surface area contributed by atoms with Crippen molar-refractivity contribution in [2.24, 2.45) is 0 Å². The maximum Gasteiger partial charge on any atom is 0.326 e. The Morgan fingerprint density at radius 2 is 2.10 bits per heavy atom. The molecule has 0 saturated carbocycles. The van der Waals surface area contributed by atoms with Crippen LogP contribution in [-0.2, 0) is 15.1 Å². The lowest BCUT2D eigenvalue weighted by Crippen LogP contribution is -2.60. The van der Waals surface area contributed by atoms with Crippen LogP contribution in [0, 0.1) is 0 Å². The topological polar surface area (TPSA) is 58.6 Å². The van der Waals surface area contributed by atoms with E-state index < -0.39 is 11.6 Å². The van der Waals surface area contributed by atoms with Gasteiger partial charge in [-0.15, -0.1) is 0 Å². The molecule has 2 aliphatic heterocycles. The SMILES string of the molecule is CCOC(=O)[C@]12CC[C@](c3ccccc3)(C[C@@H](O)C1)N2. The van der Waals surface area contributed by atoms with Crippen molar-refractivity contribution >= 4 is 5.97 Å². The number of piperidine rings is 1. The summed E-state index contributed by atoms with van der Waals surface area (Å²) in [6.45, 7) is 2.18. The van der Waals surface area contributed by atoms with Gasteiger partial charge in [0.15, 0.2) is 0 Å². The third-order valence-corrected chi connectivity index (χ3v) is 4.62. The zero-order chi connectivity index (χ0) is 14.2. The number of aliphatic hydroxyl groups excluding tert-OH is 1. The minimum atomic E-state index is -0.719. The second kappa shape index (κ2) is 4.86. The van der Waals surface area contributed by atoms with E-state index in [1.54, 1.807) is 0 Å². The highest BCUT2D eigenvalue weighted by Gasteiger charge is 2.58. The predicted octanol–water partition coefficient (Wildman–Crippen LogP) is 1.72. The molecule has 2 heterocycles. The molecule has 3 rings (SSSR count). The Hall–Kier alpha value is -1.39. The van der Waals surface area contributed by atoms with Crippen LogP contribution in [0.5, 0.6) is 0 Å². The molecule has 0 aromatic heterocycles. The highest BCUT2D eigenvalue weighted by molar-refractivity contribution is 5.82. The number of hydrogen-bond donors (Lipinski definition) is 2. The van der Waals surface area contributed by atoms with Gasteiger partial charge in [-0.1, -0.05) is 30.3 Å². The summed E-state index contributed by atoms with van der Waals surface area (Å²) in [5, 5.41) is 13.8. The Morgan fingerprint density at radius 3 is 2.80 bits per heavy atom. The van der Waals surface area contributed by atoms with Gasteiger partial charge in [0.05, 0.1) is 12.7 Å². The number of aliphatic hydroxyl groups is 1. The van der Waals surface area contributed by atoms with Crippen molar-refractivity contribution in [2.45, 2.75) is 49.8 Å². The van der Waals surface area contributed by atoms with Crippen molar-refractivity contribution in [3.8, 4) is 0 Å². The number of benzene rings is 1. The van der Waals surface area contributed by atoms with Crippen LogP contribution in [0.2, 0.25) is 0 Å². The first-order chi connectivity index (χ1) is 9.60. The molecule has 108 valence electrons. The maximum atomic E-state index is 12.3. The van der Waals surface area contributed by atoms with Crippen LogP contribution in [0.15, 0.2) is 30.3 Å². The fourth-order valence-corrected chi connectivity index (χ4v) is 3.79. The Labute approximate surface area is 119 Å². The lowest BCUT2D eigenvalue weighted by atomic mass is 9.80. The zero-order valence-electron chi connectivity index (χ0n) is 11.8. The first-order valence-electron chi connectivity index (χ1n) is 7.30. The van der Waals surface area contributed by atoms with E-state index in [4.69, 9.17) is 4.74 Å². The molecule has 20 heavy (non-hydrogen) atoms. The smallest absolute Gasteiger partial charge is 0.326 e. The first-order valence-corrected chi connectivity index (χ1v) is 7.30. The van der Waals surface area contributed by atoms with Crippen molar-refractivity contribution in [2.75, 3.05) is 6.61 Å². The van der Waals surface area contributed by atoms with Crippen LogP contribution in [-0.4, -0.2) is 29.3 Å². The molecule has 2 saturated heterocycles. The van der Waals surface area contributed by atoms with Crippen molar-refractivity contribution < 1.29 is 14.6 Å². The minimum Gasteiger partial charge on any atom is -0.465 e. The minimum absolute atomic E-state index is 0.225. The summed E-state index contributed by atoms with van der Waals surface area (Å²) in [5.74, 6) is -0.225. The fourth-order valence-electron chi connectivity index (χ4n) is 3.79. The third kappa shape index (κ3) is 2.03. The van der Waals surface area contributed by atoms with Crippen LogP contribution in [0.1, 0.15) is 38.2 Å². The summed E-state index contributed by atoms with van der Waals surface area (Å²) >= 11 is 0. The molecule has 0 radical (unpaired) electrons. The van der Waals surface area contributed by atoms with E-state index >= 15 is 0 Å². The summed E-state index contributed by atoms with van der Waals surface area (Å²) in [4.78, 5) is 12.3. The Morgan fingerprint density at radius 1 is 1.35 bits per heavy atom. The van der Waals surface area contributed by atoms with E-state index in [1.165, 1.54) is 0 Å². The van der Waals surface area contributed by atoms with E-state index in [1.807, 2.05) is 25.1 Å². The quantitative estimate of drug-likeness (QED) is 0.825. The zero-order valence-corrected chi connectivity index (χ0v) is 11.8. The van der Waals surface area contributed by atoms with Gasteiger partial charge in [-0.3, -0.25) is 10.1 Å². The van der Waals surface area contributed by atoms with Gasteiger partial charge < -0.3 is 9.84 Å². The molecule has 3 atom stereocenters. The van der Waals surface area contributed by atoms with Crippen LogP contribution in [0.3, 0.4) is 0 Å². The molecule has 4 nitrogen and oxygen atoms in total. The number of ether oxygens (including phenoxy) is 1. The largest absolute Gasteiger partial charge is 0.465 e. The summed E-state index contributed by atoms with van der Waals surface area (Å²) in [6, 6.07) is 10.1. The van der Waals surface area contributed by atoms with Crippen LogP contribution in [0.25, 0.3) is 0 Å². The highest BCUT2D eigenvalue weighted by atomic mass is 16.5. The monoisotopic (exact) mass is 275 g/mol. The van der Waals surface area contributed by atoms with E-state index in [-0.39, 0.29) is 11.5 Å². The van der Waals surface area contributed by atoms with Crippen LogP contribution < -0.4 is 5.32 Å². The van der Waals surface area contributed by atoms with Crippen molar-refractivity contribution in [1.82, 2.24) is 5.32 Å². The summed E-state index contributed by atoms with van der Waals surface area (Å²) in [7, 11) is 0. The number of carbonyl (C=O) groups is 1. The Bertz CT molecular complexity index is 504. The molecule has 0 unspecified atom stereocenters. The van der Waals surface area contributed by atoms with Crippen molar-refractivity contribution in [3.63, 3.8) is 0 Å². The third-order valence-electron chi connectivity index (χ3n) is 4.62. The summed E-state index contributed by atoms with van der Waals surface area (Å²) in [6.07, 6.45) is 2.20. The van der Waals surface area contributed by atoms with Gasteiger partial charge in [-0.05, 0) is 31.7 Å². The van der Waals surface area contributed by atoms with Gasteiger partial charge in [-0.2, -0.15) is 0 Å². The van der Waals surface area contributed by atoms with Crippen molar-refractivity contribution in [3.05, 3.63) is 35.9 Å². The molecule has 2 aliphatic rings. The number of nitrogens with one attached hydrogen (secondary N) is 1. The molecular weight excluding hydrogens is 254 g/mol. The number of fused-ring (bicyclic) bond motifs is 2. The average molecular weight is 275 g/mol. The first kappa shape index (κ1) is 13.6. The maximum absolute atomic E-state index is 12.3. The standard InChI is InChI=1S/C16H21NO3/c1-2-20-14(19)16-9-8-15(17-16,10-13(18)11-16)12-6-4-3-5-7-12/h3-7,13,17-18H,2,8-11H2,1H3/t13-,15-,16+/m1/s1. The lowest BCUT2D eigenvalue weighted by molar-refractivity contribution is -0.154. The average Bonchev–Trinajstić information content (AvgIpc) is 2.74. The van der Waals surface area contributed by atoms with E-state index in [2.05, 4.69) is 17.4 Å². The molecule has 2 N–H and O–H groups in total. The lowest BCUT2D eigenvalue weighted by Gasteiger charge is -2.42. The number of hydrogen-bond acceptors (Lipinski definition) is 4. The molecule has 4 heteroatoms. The molecule has 2 bridgehead atoms. The second-order valence-electron chi connectivity index (χ2n) is 5.94. The van der Waals surface area contributed by atoms with E-state index in [9.17, 15) is 9.90 Å². The van der Waals surface area contributed by atoms with Crippen molar-refractivity contribution in [1.29, 1.82) is 0 Å². The van der Waals surface area contributed by atoms with Gasteiger partial charge >= 0.3 is 5.97 Å². The Balaban J connectivity index is 1.94. The molecule has 1 aromatic carbocycles. The summed E-state index contributed by atoms with van der Waals surface area (Å²) in [5.41, 5.74) is 0.125. The molecular formula is C16H21NO3. The molecule has 2 fully saturated rings. The van der Waals surface area contributed by atoms with Gasteiger partial charge in [-0.25, -0.2) is 0 Å². The van der Waals surface area contributed by atoms with Gasteiger partial charge in [0, 0.05) is 12.0 Å². The van der Waals surface area contributed by atoms with Crippen LogP contribution >= 0.6 is 0 Å². The number of rotatable bonds is 3. The molecule has 0 aliphatic carbocycles.